The summed E-state index contributed by atoms with van der Waals surface area (Å²) in [6.07, 6.45) is -1.04. The standard InChI is InChI=1S/C37H49ClN4O11S/c1-7-51-30(43)20-27(19-29(38)54(49,50)24(5)6)39-35(46)32(23(3)4)41-36(47)33(26-17-13-10-14-18-26)42-34(45)28(21-31(44)52-8-2)40-37(48)53-22-25-15-11-9-12-16-25/h9-19,23-24,27-28,32-33H,7-8,20-22H2,1-6H3,(H,39,46)(H,40,48)(H,41,47)(H,42,45)/b29-19+/t27-,28+,32-,33+/m1/s1. The smallest absolute Gasteiger partial charge is 0.408 e. The quantitative estimate of drug-likeness (QED) is 0.112. The summed E-state index contributed by atoms with van der Waals surface area (Å²) in [7, 11) is -3.96. The van der Waals surface area contributed by atoms with Crippen molar-refractivity contribution in [2.24, 2.45) is 5.92 Å². The molecule has 296 valence electrons. The van der Waals surface area contributed by atoms with E-state index in [0.29, 0.717) is 11.1 Å². The maximum atomic E-state index is 14.0. The van der Waals surface area contributed by atoms with Gasteiger partial charge >= 0.3 is 18.0 Å². The third-order valence-electron chi connectivity index (χ3n) is 7.67. The summed E-state index contributed by atoms with van der Waals surface area (Å²) in [6, 6.07) is 11.3. The molecule has 0 heterocycles. The molecule has 0 unspecified atom stereocenters. The zero-order valence-electron chi connectivity index (χ0n) is 31.1. The lowest BCUT2D eigenvalue weighted by Crippen LogP contribution is -2.56. The van der Waals surface area contributed by atoms with Gasteiger partial charge < -0.3 is 35.5 Å². The molecule has 2 aromatic rings. The van der Waals surface area contributed by atoms with Gasteiger partial charge in [0.1, 0.15) is 29.1 Å². The van der Waals surface area contributed by atoms with Crippen LogP contribution in [0, 0.1) is 5.92 Å². The molecule has 0 aliphatic carbocycles. The third-order valence-corrected chi connectivity index (χ3v) is 10.4. The molecule has 4 amide bonds. The first-order valence-electron chi connectivity index (χ1n) is 17.4. The number of carbonyl (C=O) groups excluding carboxylic acids is 6. The molecule has 0 saturated heterocycles. The van der Waals surface area contributed by atoms with Crippen molar-refractivity contribution in [2.45, 2.75) is 90.4 Å². The molecule has 54 heavy (non-hydrogen) atoms. The molecular formula is C37H49ClN4O11S. The normalized spacial score (nSPS) is 13.8. The monoisotopic (exact) mass is 792 g/mol. The van der Waals surface area contributed by atoms with E-state index in [1.54, 1.807) is 88.4 Å². The SMILES string of the molecule is CCOC(=O)C[C@@H](/C=C(\Cl)S(=O)(=O)C(C)C)NC(=O)[C@H](NC(=O)[C@@H](NC(=O)[C@H](CC(=O)OCC)NC(=O)OCc1ccccc1)c1ccccc1)C(C)C. The summed E-state index contributed by atoms with van der Waals surface area (Å²) in [5.41, 5.74) is 0.970. The molecule has 4 N–H and O–H groups in total. The average molecular weight is 793 g/mol. The Labute approximate surface area is 320 Å². The van der Waals surface area contributed by atoms with Crippen molar-refractivity contribution in [3.05, 3.63) is 82.2 Å². The van der Waals surface area contributed by atoms with Gasteiger partial charge in [-0.3, -0.25) is 24.0 Å². The Hall–Kier alpha value is -4.96. The molecule has 0 spiro atoms. The first kappa shape index (κ1) is 45.2. The summed E-state index contributed by atoms with van der Waals surface area (Å²) >= 11 is 6.14. The van der Waals surface area contributed by atoms with Crippen LogP contribution in [0.25, 0.3) is 0 Å². The number of nitrogens with one attached hydrogen (secondary N) is 4. The predicted molar refractivity (Wildman–Crippen MR) is 200 cm³/mol. The summed E-state index contributed by atoms with van der Waals surface area (Å²) in [4.78, 5) is 78.9. The maximum Gasteiger partial charge on any atom is 0.408 e. The van der Waals surface area contributed by atoms with E-state index in [-0.39, 0.29) is 19.8 Å². The number of hydrogen-bond acceptors (Lipinski definition) is 11. The summed E-state index contributed by atoms with van der Waals surface area (Å²) in [5, 5.41) is 9.23. The lowest BCUT2D eigenvalue weighted by Gasteiger charge is -2.28. The zero-order chi connectivity index (χ0) is 40.4. The number of carbonyl (C=O) groups is 6. The number of benzene rings is 2. The summed E-state index contributed by atoms with van der Waals surface area (Å²) in [5.74, 6) is -4.68. The molecule has 17 heteroatoms. The van der Waals surface area contributed by atoms with Crippen LogP contribution in [0.2, 0.25) is 0 Å². The van der Waals surface area contributed by atoms with E-state index >= 15 is 0 Å². The van der Waals surface area contributed by atoms with Crippen molar-refractivity contribution in [3.8, 4) is 0 Å². The molecular weight excluding hydrogens is 744 g/mol. The Morgan fingerprint density at radius 3 is 1.80 bits per heavy atom. The van der Waals surface area contributed by atoms with Gasteiger partial charge in [0.15, 0.2) is 9.84 Å². The Kier molecular flexibility index (Phi) is 18.7. The summed E-state index contributed by atoms with van der Waals surface area (Å²) in [6.45, 7) is 9.18. The predicted octanol–water partition coefficient (Wildman–Crippen LogP) is 3.57. The van der Waals surface area contributed by atoms with Crippen LogP contribution in [-0.2, 0) is 54.6 Å². The Morgan fingerprint density at radius 2 is 1.26 bits per heavy atom. The van der Waals surface area contributed by atoms with E-state index in [9.17, 15) is 37.2 Å². The number of halogens is 1. The van der Waals surface area contributed by atoms with Crippen LogP contribution in [0.3, 0.4) is 0 Å². The van der Waals surface area contributed by atoms with Gasteiger partial charge in [0.2, 0.25) is 17.7 Å². The van der Waals surface area contributed by atoms with E-state index in [0.717, 1.165) is 6.08 Å². The van der Waals surface area contributed by atoms with Crippen molar-refractivity contribution in [3.63, 3.8) is 0 Å². The lowest BCUT2D eigenvalue weighted by atomic mass is 10.00. The minimum atomic E-state index is -3.96. The van der Waals surface area contributed by atoms with Crippen LogP contribution in [0.15, 0.2) is 71.1 Å². The largest absolute Gasteiger partial charge is 0.466 e. The van der Waals surface area contributed by atoms with Gasteiger partial charge in [0, 0.05) is 0 Å². The van der Waals surface area contributed by atoms with Crippen LogP contribution in [0.5, 0.6) is 0 Å². The number of esters is 2. The van der Waals surface area contributed by atoms with Gasteiger partial charge in [-0.15, -0.1) is 0 Å². The van der Waals surface area contributed by atoms with Crippen LogP contribution < -0.4 is 21.3 Å². The highest BCUT2D eigenvalue weighted by atomic mass is 35.5. The summed E-state index contributed by atoms with van der Waals surface area (Å²) < 4.78 is 40.0. The Balaban J connectivity index is 2.37. The van der Waals surface area contributed by atoms with E-state index in [1.165, 1.54) is 13.8 Å². The van der Waals surface area contributed by atoms with Crippen molar-refractivity contribution >= 4 is 57.2 Å². The molecule has 0 fully saturated rings. The average Bonchev–Trinajstić information content (AvgIpc) is 3.12. The van der Waals surface area contributed by atoms with Crippen LogP contribution >= 0.6 is 11.6 Å². The van der Waals surface area contributed by atoms with Crippen LogP contribution in [-0.4, -0.2) is 80.8 Å². The minimum Gasteiger partial charge on any atom is -0.466 e. The topological polar surface area (TPSA) is 212 Å². The Bertz CT molecular complexity index is 1720. The van der Waals surface area contributed by atoms with Crippen LogP contribution in [0.4, 0.5) is 4.79 Å². The first-order valence-corrected chi connectivity index (χ1v) is 19.3. The molecule has 0 saturated carbocycles. The molecule has 2 aromatic carbocycles. The highest BCUT2D eigenvalue weighted by molar-refractivity contribution is 7.97. The third kappa shape index (κ3) is 14.8. The number of sulfone groups is 1. The molecule has 2 rings (SSSR count). The van der Waals surface area contributed by atoms with Gasteiger partial charge in [-0.1, -0.05) is 86.1 Å². The fraction of sp³-hybridized carbons (Fsp3) is 0.459. The van der Waals surface area contributed by atoms with Crippen molar-refractivity contribution in [1.29, 1.82) is 0 Å². The fourth-order valence-corrected chi connectivity index (χ4v) is 6.26. The number of alkyl carbamates (subject to hydrolysis) is 1. The molecule has 0 aliphatic rings. The van der Waals surface area contributed by atoms with E-state index in [4.69, 9.17) is 25.8 Å². The fourth-order valence-electron chi connectivity index (χ4n) is 4.76. The molecule has 0 aromatic heterocycles. The molecule has 0 aliphatic heterocycles. The molecule has 0 radical (unpaired) electrons. The van der Waals surface area contributed by atoms with E-state index < -0.39 is 98.1 Å². The van der Waals surface area contributed by atoms with Gasteiger partial charge in [-0.2, -0.15) is 0 Å². The number of hydrogen-bond donors (Lipinski definition) is 4. The zero-order valence-corrected chi connectivity index (χ0v) is 32.7. The number of rotatable bonds is 20. The van der Waals surface area contributed by atoms with Crippen molar-refractivity contribution in [2.75, 3.05) is 13.2 Å². The second-order valence-corrected chi connectivity index (χ2v) is 15.6. The second kappa shape index (κ2) is 22.3. The molecule has 4 atom stereocenters. The van der Waals surface area contributed by atoms with Gasteiger partial charge in [0.05, 0.1) is 37.3 Å². The highest BCUT2D eigenvalue weighted by Crippen LogP contribution is 2.20. The number of amides is 4. The van der Waals surface area contributed by atoms with Crippen molar-refractivity contribution in [1.82, 2.24) is 21.3 Å². The van der Waals surface area contributed by atoms with Crippen molar-refractivity contribution < 1.29 is 51.4 Å². The van der Waals surface area contributed by atoms with Gasteiger partial charge in [0.25, 0.3) is 0 Å². The maximum absolute atomic E-state index is 14.0. The highest BCUT2D eigenvalue weighted by Gasteiger charge is 2.34. The minimum absolute atomic E-state index is 0.00943. The molecule has 15 nitrogen and oxygen atoms in total. The first-order chi connectivity index (χ1) is 25.5. The van der Waals surface area contributed by atoms with E-state index in [2.05, 4.69) is 21.3 Å². The molecule has 0 bridgehead atoms. The van der Waals surface area contributed by atoms with Gasteiger partial charge in [-0.05, 0) is 50.8 Å². The van der Waals surface area contributed by atoms with Gasteiger partial charge in [-0.25, -0.2) is 13.2 Å². The Morgan fingerprint density at radius 1 is 0.704 bits per heavy atom. The van der Waals surface area contributed by atoms with E-state index in [1.807, 2.05) is 0 Å². The lowest BCUT2D eigenvalue weighted by molar-refractivity contribution is -0.145. The second-order valence-electron chi connectivity index (χ2n) is 12.5. The number of ether oxygens (including phenoxy) is 3. The van der Waals surface area contributed by atoms with Crippen LogP contribution in [0.1, 0.15) is 71.6 Å².